The van der Waals surface area contributed by atoms with Gasteiger partial charge in [-0.3, -0.25) is 4.79 Å². The molecule has 1 heterocycles. The summed E-state index contributed by atoms with van der Waals surface area (Å²) in [5, 5.41) is 9.19. The molecule has 1 saturated heterocycles. The van der Waals surface area contributed by atoms with E-state index >= 15 is 0 Å². The molecular formula is C17H25NO2. The second kappa shape index (κ2) is 6.89. The fraction of sp³-hybridized carbons (Fsp3) is 0.588. The molecule has 2 rings (SSSR count). The normalized spacial score (nSPS) is 21.9. The standard InChI is InChI=1S/C17H25NO2/c1-13(2)16(14-7-4-3-5-8-14)12-18-10-6-9-15(11-18)17(19)20/h3-5,7-8,13,15-16H,6,9-12H2,1-2H3,(H,19,20). The van der Waals surface area contributed by atoms with Crippen molar-refractivity contribution in [2.75, 3.05) is 19.6 Å². The molecule has 0 bridgehead atoms. The van der Waals surface area contributed by atoms with Crippen molar-refractivity contribution in [1.29, 1.82) is 0 Å². The molecule has 2 atom stereocenters. The lowest BCUT2D eigenvalue weighted by Gasteiger charge is -2.34. The molecule has 110 valence electrons. The number of carbonyl (C=O) groups is 1. The maximum absolute atomic E-state index is 11.2. The molecule has 0 spiro atoms. The molecule has 1 aliphatic rings. The Morgan fingerprint density at radius 2 is 2.05 bits per heavy atom. The highest BCUT2D eigenvalue weighted by molar-refractivity contribution is 5.70. The Labute approximate surface area is 121 Å². The molecule has 1 N–H and O–H groups in total. The van der Waals surface area contributed by atoms with Gasteiger partial charge in [-0.1, -0.05) is 44.2 Å². The van der Waals surface area contributed by atoms with Gasteiger partial charge in [0.15, 0.2) is 0 Å². The number of rotatable bonds is 5. The molecule has 0 aliphatic carbocycles. The molecule has 0 radical (unpaired) electrons. The van der Waals surface area contributed by atoms with E-state index in [0.29, 0.717) is 18.4 Å². The van der Waals surface area contributed by atoms with E-state index in [0.717, 1.165) is 25.9 Å². The smallest absolute Gasteiger partial charge is 0.307 e. The van der Waals surface area contributed by atoms with E-state index in [9.17, 15) is 9.90 Å². The van der Waals surface area contributed by atoms with Crippen LogP contribution < -0.4 is 0 Å². The van der Waals surface area contributed by atoms with E-state index in [1.165, 1.54) is 5.56 Å². The van der Waals surface area contributed by atoms with Crippen molar-refractivity contribution >= 4 is 5.97 Å². The summed E-state index contributed by atoms with van der Waals surface area (Å²) in [7, 11) is 0. The number of likely N-dealkylation sites (tertiary alicyclic amines) is 1. The van der Waals surface area contributed by atoms with Crippen molar-refractivity contribution in [3.8, 4) is 0 Å². The molecule has 3 nitrogen and oxygen atoms in total. The van der Waals surface area contributed by atoms with Gasteiger partial charge in [0.1, 0.15) is 0 Å². The highest BCUT2D eigenvalue weighted by Crippen LogP contribution is 2.27. The Bertz CT molecular complexity index is 430. The van der Waals surface area contributed by atoms with Crippen LogP contribution >= 0.6 is 0 Å². The molecule has 1 aliphatic heterocycles. The highest BCUT2D eigenvalue weighted by atomic mass is 16.4. The average Bonchev–Trinajstić information content (AvgIpc) is 2.45. The maximum Gasteiger partial charge on any atom is 0.307 e. The summed E-state index contributed by atoms with van der Waals surface area (Å²) in [6, 6.07) is 10.6. The number of piperidine rings is 1. The van der Waals surface area contributed by atoms with Gasteiger partial charge in [-0.25, -0.2) is 0 Å². The minimum Gasteiger partial charge on any atom is -0.481 e. The quantitative estimate of drug-likeness (QED) is 0.897. The first-order valence-electron chi connectivity index (χ1n) is 7.58. The third kappa shape index (κ3) is 3.83. The van der Waals surface area contributed by atoms with Crippen molar-refractivity contribution in [3.05, 3.63) is 35.9 Å². The largest absolute Gasteiger partial charge is 0.481 e. The van der Waals surface area contributed by atoms with Gasteiger partial charge >= 0.3 is 5.97 Å². The fourth-order valence-electron chi connectivity index (χ4n) is 3.10. The zero-order valence-electron chi connectivity index (χ0n) is 12.5. The van der Waals surface area contributed by atoms with Crippen LogP contribution in [0.1, 0.15) is 38.2 Å². The molecular weight excluding hydrogens is 250 g/mol. The third-order valence-electron chi connectivity index (χ3n) is 4.34. The Kier molecular flexibility index (Phi) is 5.18. The van der Waals surface area contributed by atoms with Crippen LogP contribution in [0.2, 0.25) is 0 Å². The monoisotopic (exact) mass is 275 g/mol. The SMILES string of the molecule is CC(C)C(CN1CCCC(C(=O)O)C1)c1ccccc1. The van der Waals surface area contributed by atoms with E-state index in [4.69, 9.17) is 0 Å². The summed E-state index contributed by atoms with van der Waals surface area (Å²) in [6.45, 7) is 7.18. The van der Waals surface area contributed by atoms with E-state index in [1.54, 1.807) is 0 Å². The van der Waals surface area contributed by atoms with Crippen molar-refractivity contribution in [2.45, 2.75) is 32.6 Å². The van der Waals surface area contributed by atoms with Gasteiger partial charge in [0.2, 0.25) is 0 Å². The lowest BCUT2D eigenvalue weighted by Crippen LogP contribution is -2.41. The highest BCUT2D eigenvalue weighted by Gasteiger charge is 2.27. The zero-order valence-corrected chi connectivity index (χ0v) is 12.5. The van der Waals surface area contributed by atoms with E-state index in [-0.39, 0.29) is 5.92 Å². The molecule has 2 unspecified atom stereocenters. The van der Waals surface area contributed by atoms with Gasteiger partial charge in [-0.15, -0.1) is 0 Å². The van der Waals surface area contributed by atoms with Crippen LogP contribution in [0, 0.1) is 11.8 Å². The van der Waals surface area contributed by atoms with Gasteiger partial charge in [0.05, 0.1) is 5.92 Å². The number of hydrogen-bond donors (Lipinski definition) is 1. The van der Waals surface area contributed by atoms with Crippen molar-refractivity contribution in [3.63, 3.8) is 0 Å². The summed E-state index contributed by atoms with van der Waals surface area (Å²) in [5.41, 5.74) is 1.36. The average molecular weight is 275 g/mol. The molecule has 0 saturated carbocycles. The lowest BCUT2D eigenvalue weighted by atomic mass is 9.87. The van der Waals surface area contributed by atoms with E-state index < -0.39 is 5.97 Å². The van der Waals surface area contributed by atoms with Crippen LogP contribution in [-0.4, -0.2) is 35.6 Å². The summed E-state index contributed by atoms with van der Waals surface area (Å²) in [4.78, 5) is 13.5. The third-order valence-corrected chi connectivity index (χ3v) is 4.34. The van der Waals surface area contributed by atoms with Crippen LogP contribution in [-0.2, 0) is 4.79 Å². The summed E-state index contributed by atoms with van der Waals surface area (Å²) >= 11 is 0. The first-order chi connectivity index (χ1) is 9.58. The molecule has 1 aromatic carbocycles. The van der Waals surface area contributed by atoms with Crippen LogP contribution in [0.5, 0.6) is 0 Å². The summed E-state index contributed by atoms with van der Waals surface area (Å²) < 4.78 is 0. The Morgan fingerprint density at radius 3 is 2.65 bits per heavy atom. The Morgan fingerprint density at radius 1 is 1.35 bits per heavy atom. The number of hydrogen-bond acceptors (Lipinski definition) is 2. The summed E-state index contributed by atoms with van der Waals surface area (Å²) in [6.07, 6.45) is 1.82. The Hall–Kier alpha value is -1.35. The van der Waals surface area contributed by atoms with Crippen LogP contribution in [0.25, 0.3) is 0 Å². The van der Waals surface area contributed by atoms with Crippen LogP contribution in [0.3, 0.4) is 0 Å². The predicted octanol–water partition coefficient (Wildman–Crippen LogP) is 3.22. The van der Waals surface area contributed by atoms with E-state index in [1.807, 2.05) is 6.07 Å². The molecule has 1 fully saturated rings. The van der Waals surface area contributed by atoms with Crippen molar-refractivity contribution in [1.82, 2.24) is 4.90 Å². The van der Waals surface area contributed by atoms with Gasteiger partial charge in [-0.05, 0) is 36.8 Å². The molecule has 20 heavy (non-hydrogen) atoms. The number of nitrogens with zero attached hydrogens (tertiary/aromatic N) is 1. The van der Waals surface area contributed by atoms with Crippen LogP contribution in [0.15, 0.2) is 30.3 Å². The topological polar surface area (TPSA) is 40.5 Å². The number of carboxylic acid groups (broad SMARTS) is 1. The first-order valence-corrected chi connectivity index (χ1v) is 7.58. The summed E-state index contributed by atoms with van der Waals surface area (Å²) in [5.74, 6) is 0.203. The fourth-order valence-corrected chi connectivity index (χ4v) is 3.10. The minimum absolute atomic E-state index is 0.188. The van der Waals surface area contributed by atoms with Crippen molar-refractivity contribution in [2.24, 2.45) is 11.8 Å². The predicted molar refractivity (Wildman–Crippen MR) is 80.8 cm³/mol. The van der Waals surface area contributed by atoms with Crippen molar-refractivity contribution < 1.29 is 9.90 Å². The molecule has 0 amide bonds. The zero-order chi connectivity index (χ0) is 14.5. The van der Waals surface area contributed by atoms with E-state index in [2.05, 4.69) is 43.0 Å². The maximum atomic E-state index is 11.2. The molecule has 0 aromatic heterocycles. The number of aliphatic carboxylic acids is 1. The van der Waals surface area contributed by atoms with Crippen LogP contribution in [0.4, 0.5) is 0 Å². The number of carboxylic acids is 1. The van der Waals surface area contributed by atoms with Gasteiger partial charge in [-0.2, -0.15) is 0 Å². The minimum atomic E-state index is -0.643. The van der Waals surface area contributed by atoms with Gasteiger partial charge in [0.25, 0.3) is 0 Å². The second-order valence-corrected chi connectivity index (χ2v) is 6.20. The Balaban J connectivity index is 2.03. The molecule has 3 heteroatoms. The number of benzene rings is 1. The first kappa shape index (κ1) is 15.0. The lowest BCUT2D eigenvalue weighted by molar-refractivity contribution is -0.143. The van der Waals surface area contributed by atoms with Gasteiger partial charge in [0, 0.05) is 13.1 Å². The molecule has 1 aromatic rings. The van der Waals surface area contributed by atoms with Gasteiger partial charge < -0.3 is 10.0 Å². The second-order valence-electron chi connectivity index (χ2n) is 6.20.